The van der Waals surface area contributed by atoms with Crippen LogP contribution in [0.4, 0.5) is 14.5 Å². The number of hydrogen-bond acceptors (Lipinski definition) is 1. The molecule has 1 N–H and O–H groups in total. The molecule has 1 fully saturated rings. The zero-order valence-electron chi connectivity index (χ0n) is 11.0. The number of hydrogen-bond donors (Lipinski definition) is 1. The van der Waals surface area contributed by atoms with Crippen LogP contribution >= 0.6 is 0 Å². The van der Waals surface area contributed by atoms with Crippen molar-refractivity contribution in [3.63, 3.8) is 0 Å². The highest BCUT2D eigenvalue weighted by molar-refractivity contribution is 5.46. The standard InChI is InChI=1S/C15H21F2N/c1-10(2)11-6-3-4-8-13(11)18-14-9-5-7-12(16)15(14)17/h5,7,9-11,13,18H,3-4,6,8H2,1-2H3. The van der Waals surface area contributed by atoms with Gasteiger partial charge < -0.3 is 5.32 Å². The quantitative estimate of drug-likeness (QED) is 0.830. The van der Waals surface area contributed by atoms with Crippen LogP contribution in [-0.4, -0.2) is 6.04 Å². The highest BCUT2D eigenvalue weighted by atomic mass is 19.2. The summed E-state index contributed by atoms with van der Waals surface area (Å²) in [5.41, 5.74) is 0.299. The van der Waals surface area contributed by atoms with Gasteiger partial charge in [-0.15, -0.1) is 0 Å². The van der Waals surface area contributed by atoms with Crippen LogP contribution in [0.3, 0.4) is 0 Å². The maximum atomic E-state index is 13.6. The average Bonchev–Trinajstić information content (AvgIpc) is 2.35. The second-order valence-electron chi connectivity index (χ2n) is 5.54. The van der Waals surface area contributed by atoms with E-state index < -0.39 is 11.6 Å². The van der Waals surface area contributed by atoms with E-state index >= 15 is 0 Å². The van der Waals surface area contributed by atoms with Gasteiger partial charge in [0, 0.05) is 6.04 Å². The van der Waals surface area contributed by atoms with Gasteiger partial charge in [-0.05, 0) is 36.8 Å². The van der Waals surface area contributed by atoms with Gasteiger partial charge >= 0.3 is 0 Å². The second-order valence-corrected chi connectivity index (χ2v) is 5.54. The third kappa shape index (κ3) is 2.82. The van der Waals surface area contributed by atoms with Crippen molar-refractivity contribution in [3.05, 3.63) is 29.8 Å². The molecule has 0 bridgehead atoms. The van der Waals surface area contributed by atoms with Crippen LogP contribution in [-0.2, 0) is 0 Å². The van der Waals surface area contributed by atoms with Crippen LogP contribution < -0.4 is 5.32 Å². The molecule has 1 saturated carbocycles. The molecule has 0 heterocycles. The molecule has 2 rings (SSSR count). The summed E-state index contributed by atoms with van der Waals surface area (Å²) in [5, 5.41) is 3.21. The molecule has 1 aromatic rings. The first-order valence-electron chi connectivity index (χ1n) is 6.80. The molecule has 1 aliphatic carbocycles. The van der Waals surface area contributed by atoms with Crippen LogP contribution in [0.1, 0.15) is 39.5 Å². The van der Waals surface area contributed by atoms with E-state index in [0.717, 1.165) is 18.9 Å². The van der Waals surface area contributed by atoms with Gasteiger partial charge in [0.15, 0.2) is 11.6 Å². The Morgan fingerprint density at radius 3 is 2.61 bits per heavy atom. The molecular weight excluding hydrogens is 232 g/mol. The Labute approximate surface area is 108 Å². The molecule has 2 unspecified atom stereocenters. The maximum absolute atomic E-state index is 13.6. The van der Waals surface area contributed by atoms with E-state index in [1.807, 2.05) is 0 Å². The van der Waals surface area contributed by atoms with E-state index in [0.29, 0.717) is 17.5 Å². The van der Waals surface area contributed by atoms with Crippen molar-refractivity contribution >= 4 is 5.69 Å². The lowest BCUT2D eigenvalue weighted by atomic mass is 9.78. The molecule has 0 saturated heterocycles. The van der Waals surface area contributed by atoms with Crippen LogP contribution in [0, 0.1) is 23.5 Å². The van der Waals surface area contributed by atoms with Gasteiger partial charge in [-0.1, -0.05) is 32.8 Å². The summed E-state index contributed by atoms with van der Waals surface area (Å²) < 4.78 is 26.8. The molecule has 0 radical (unpaired) electrons. The minimum atomic E-state index is -0.781. The highest BCUT2D eigenvalue weighted by Gasteiger charge is 2.28. The second kappa shape index (κ2) is 5.68. The lowest BCUT2D eigenvalue weighted by Crippen LogP contribution is -2.35. The normalized spacial score (nSPS) is 24.3. The van der Waals surface area contributed by atoms with Crippen LogP contribution in [0.15, 0.2) is 18.2 Å². The molecule has 18 heavy (non-hydrogen) atoms. The van der Waals surface area contributed by atoms with E-state index in [2.05, 4.69) is 19.2 Å². The zero-order valence-corrected chi connectivity index (χ0v) is 11.0. The Morgan fingerprint density at radius 1 is 1.17 bits per heavy atom. The molecular formula is C15H21F2N. The van der Waals surface area contributed by atoms with Crippen molar-refractivity contribution in [1.82, 2.24) is 0 Å². The number of benzene rings is 1. The fraction of sp³-hybridized carbons (Fsp3) is 0.600. The van der Waals surface area contributed by atoms with Crippen molar-refractivity contribution in [2.75, 3.05) is 5.32 Å². The molecule has 2 atom stereocenters. The summed E-state index contributed by atoms with van der Waals surface area (Å²) in [4.78, 5) is 0. The van der Waals surface area contributed by atoms with Gasteiger partial charge in [0.2, 0.25) is 0 Å². The average molecular weight is 253 g/mol. The van der Waals surface area contributed by atoms with E-state index in [-0.39, 0.29) is 6.04 Å². The Morgan fingerprint density at radius 2 is 1.89 bits per heavy atom. The van der Waals surface area contributed by atoms with Gasteiger partial charge in [0.1, 0.15) is 0 Å². The summed E-state index contributed by atoms with van der Waals surface area (Å²) >= 11 is 0. The van der Waals surface area contributed by atoms with Crippen LogP contribution in [0.2, 0.25) is 0 Å². The van der Waals surface area contributed by atoms with Gasteiger partial charge in [-0.2, -0.15) is 0 Å². The summed E-state index contributed by atoms with van der Waals surface area (Å²) in [5.74, 6) is -0.427. The van der Waals surface area contributed by atoms with E-state index in [1.54, 1.807) is 12.1 Å². The van der Waals surface area contributed by atoms with Crippen molar-refractivity contribution in [1.29, 1.82) is 0 Å². The number of halogens is 2. The molecule has 0 aliphatic heterocycles. The Bertz CT molecular complexity index is 403. The highest BCUT2D eigenvalue weighted by Crippen LogP contribution is 2.33. The number of rotatable bonds is 3. The Balaban J connectivity index is 2.13. The summed E-state index contributed by atoms with van der Waals surface area (Å²) in [6.07, 6.45) is 4.62. The van der Waals surface area contributed by atoms with Crippen molar-refractivity contribution in [3.8, 4) is 0 Å². The summed E-state index contributed by atoms with van der Waals surface area (Å²) in [6, 6.07) is 4.58. The van der Waals surface area contributed by atoms with Crippen molar-refractivity contribution in [2.24, 2.45) is 11.8 Å². The Hall–Kier alpha value is -1.12. The van der Waals surface area contributed by atoms with E-state index in [1.165, 1.54) is 12.8 Å². The van der Waals surface area contributed by atoms with E-state index in [9.17, 15) is 8.78 Å². The third-order valence-electron chi connectivity index (χ3n) is 3.97. The SMILES string of the molecule is CC(C)C1CCCCC1Nc1cccc(F)c1F. The minimum Gasteiger partial charge on any atom is -0.380 e. The lowest BCUT2D eigenvalue weighted by molar-refractivity contribution is 0.253. The van der Waals surface area contributed by atoms with Crippen LogP contribution in [0.25, 0.3) is 0 Å². The molecule has 1 aromatic carbocycles. The summed E-state index contributed by atoms with van der Waals surface area (Å²) in [6.45, 7) is 4.40. The van der Waals surface area contributed by atoms with Crippen molar-refractivity contribution in [2.45, 2.75) is 45.6 Å². The first kappa shape index (κ1) is 13.3. The molecule has 1 nitrogen and oxygen atoms in total. The van der Waals surface area contributed by atoms with Gasteiger partial charge in [-0.25, -0.2) is 8.78 Å². The molecule has 0 spiro atoms. The number of nitrogens with one attached hydrogen (secondary N) is 1. The molecule has 1 aliphatic rings. The van der Waals surface area contributed by atoms with Gasteiger partial charge in [0.25, 0.3) is 0 Å². The number of anilines is 1. The Kier molecular flexibility index (Phi) is 4.20. The molecule has 0 amide bonds. The fourth-order valence-electron chi connectivity index (χ4n) is 2.95. The molecule has 100 valence electrons. The fourth-order valence-corrected chi connectivity index (χ4v) is 2.95. The predicted octanol–water partition coefficient (Wildman–Crippen LogP) is 4.59. The monoisotopic (exact) mass is 253 g/mol. The molecule has 3 heteroatoms. The van der Waals surface area contributed by atoms with E-state index in [4.69, 9.17) is 0 Å². The topological polar surface area (TPSA) is 12.0 Å². The zero-order chi connectivity index (χ0) is 13.1. The van der Waals surface area contributed by atoms with Gasteiger partial charge in [0.05, 0.1) is 5.69 Å². The first-order valence-corrected chi connectivity index (χ1v) is 6.80. The first-order chi connectivity index (χ1) is 8.59. The lowest BCUT2D eigenvalue weighted by Gasteiger charge is -2.35. The van der Waals surface area contributed by atoms with Gasteiger partial charge in [-0.3, -0.25) is 0 Å². The minimum absolute atomic E-state index is 0.259. The summed E-state index contributed by atoms with van der Waals surface area (Å²) in [7, 11) is 0. The third-order valence-corrected chi connectivity index (χ3v) is 3.97. The molecule has 0 aromatic heterocycles. The van der Waals surface area contributed by atoms with Crippen LogP contribution in [0.5, 0.6) is 0 Å². The predicted molar refractivity (Wildman–Crippen MR) is 70.6 cm³/mol. The largest absolute Gasteiger partial charge is 0.380 e. The van der Waals surface area contributed by atoms with Crippen molar-refractivity contribution < 1.29 is 8.78 Å². The smallest absolute Gasteiger partial charge is 0.181 e. The maximum Gasteiger partial charge on any atom is 0.181 e.